The van der Waals surface area contributed by atoms with Crippen molar-refractivity contribution >= 4 is 29.1 Å². The molecule has 156 valence electrons. The van der Waals surface area contributed by atoms with E-state index in [-0.39, 0.29) is 24.1 Å². The number of hydrogen-bond donors (Lipinski definition) is 1. The Morgan fingerprint density at radius 3 is 2.77 bits per heavy atom. The van der Waals surface area contributed by atoms with Crippen LogP contribution in [0.15, 0.2) is 42.5 Å². The molecule has 2 aromatic rings. The summed E-state index contributed by atoms with van der Waals surface area (Å²) in [5.74, 6) is 0.147. The number of hydrogen-bond acceptors (Lipinski definition) is 4. The number of fused-ring (bicyclic) bond motifs is 1. The number of rotatable bonds is 5. The second-order valence-electron chi connectivity index (χ2n) is 7.67. The summed E-state index contributed by atoms with van der Waals surface area (Å²) in [5, 5.41) is 2.93. The molecule has 1 N–H and O–H groups in total. The Morgan fingerprint density at radius 1 is 1.20 bits per heavy atom. The summed E-state index contributed by atoms with van der Waals surface area (Å²) in [6, 6.07) is 13.2. The molecule has 0 unspecified atom stereocenters. The topological polar surface area (TPSA) is 79.0 Å². The van der Waals surface area contributed by atoms with Crippen molar-refractivity contribution in [3.05, 3.63) is 53.6 Å². The van der Waals surface area contributed by atoms with Gasteiger partial charge in [0.1, 0.15) is 5.75 Å². The van der Waals surface area contributed by atoms with Gasteiger partial charge in [0.05, 0.1) is 13.0 Å². The first-order valence-corrected chi connectivity index (χ1v) is 10.1. The second-order valence-corrected chi connectivity index (χ2v) is 7.67. The molecule has 0 radical (unpaired) electrons. The predicted octanol–water partition coefficient (Wildman–Crippen LogP) is 2.27. The van der Waals surface area contributed by atoms with Crippen molar-refractivity contribution in [1.82, 2.24) is 5.32 Å². The number of nitrogens with zero attached hydrogens (tertiary/aromatic N) is 2. The molecule has 2 aliphatic heterocycles. The van der Waals surface area contributed by atoms with Crippen LogP contribution in [0.4, 0.5) is 11.4 Å². The number of carbonyl (C=O) groups is 3. The lowest BCUT2D eigenvalue weighted by atomic mass is 10.1. The number of nitrogens with one attached hydrogen (secondary N) is 1. The highest BCUT2D eigenvalue weighted by atomic mass is 16.5. The fourth-order valence-corrected chi connectivity index (χ4v) is 4.19. The fraction of sp³-hybridized carbons (Fsp3) is 0.348. The first-order valence-electron chi connectivity index (χ1n) is 10.1. The van der Waals surface area contributed by atoms with Crippen LogP contribution in [0.25, 0.3) is 0 Å². The number of anilines is 2. The molecule has 1 saturated heterocycles. The summed E-state index contributed by atoms with van der Waals surface area (Å²) in [5.41, 5.74) is 3.64. The maximum absolute atomic E-state index is 12.7. The van der Waals surface area contributed by atoms with Gasteiger partial charge in [-0.3, -0.25) is 14.4 Å². The third-order valence-electron chi connectivity index (χ3n) is 5.79. The highest BCUT2D eigenvalue weighted by molar-refractivity contribution is 6.01. The monoisotopic (exact) mass is 407 g/mol. The molecule has 0 bridgehead atoms. The molecule has 0 spiro atoms. The Balaban J connectivity index is 1.42. The first-order chi connectivity index (χ1) is 14.5. The van der Waals surface area contributed by atoms with E-state index in [1.54, 1.807) is 23.8 Å². The molecule has 2 aliphatic rings. The van der Waals surface area contributed by atoms with E-state index in [0.717, 1.165) is 34.7 Å². The van der Waals surface area contributed by atoms with E-state index in [4.69, 9.17) is 4.74 Å². The van der Waals surface area contributed by atoms with E-state index in [1.807, 2.05) is 42.5 Å². The second kappa shape index (κ2) is 8.18. The number of amides is 3. The smallest absolute Gasteiger partial charge is 0.227 e. The third-order valence-corrected chi connectivity index (χ3v) is 5.79. The summed E-state index contributed by atoms with van der Waals surface area (Å²) in [6.45, 7) is 2.93. The van der Waals surface area contributed by atoms with Gasteiger partial charge in [0.15, 0.2) is 0 Å². The quantitative estimate of drug-likeness (QED) is 0.825. The minimum Gasteiger partial charge on any atom is -0.496 e. The molecule has 0 aliphatic carbocycles. The van der Waals surface area contributed by atoms with Crippen LogP contribution in [0.5, 0.6) is 5.75 Å². The predicted molar refractivity (Wildman–Crippen MR) is 113 cm³/mol. The van der Waals surface area contributed by atoms with Crippen molar-refractivity contribution in [2.24, 2.45) is 5.92 Å². The standard InChI is InChI=1S/C23H25N3O4/c1-15(27)25-10-9-16-11-19(7-8-20(16)25)26-14-18(12-22(26)28)23(29)24-13-17-5-3-4-6-21(17)30-2/h3-8,11,18H,9-10,12-14H2,1-2H3,(H,24,29)/t18-/m0/s1. The zero-order valence-electron chi connectivity index (χ0n) is 17.2. The number of methoxy groups -OCH3 is 1. The van der Waals surface area contributed by atoms with E-state index in [9.17, 15) is 14.4 Å². The summed E-state index contributed by atoms with van der Waals surface area (Å²) in [6.07, 6.45) is 0.960. The molecule has 1 atom stereocenters. The Kier molecular flexibility index (Phi) is 5.44. The summed E-state index contributed by atoms with van der Waals surface area (Å²) >= 11 is 0. The van der Waals surface area contributed by atoms with Gasteiger partial charge in [0.25, 0.3) is 0 Å². The zero-order chi connectivity index (χ0) is 21.3. The molecule has 4 rings (SSSR count). The average Bonchev–Trinajstić information content (AvgIpc) is 3.35. The normalized spacial score (nSPS) is 17.8. The third kappa shape index (κ3) is 3.75. The zero-order valence-corrected chi connectivity index (χ0v) is 17.2. The molecule has 1 fully saturated rings. The van der Waals surface area contributed by atoms with Crippen LogP contribution in [-0.2, 0) is 27.3 Å². The Morgan fingerprint density at radius 2 is 2.00 bits per heavy atom. The molecule has 7 nitrogen and oxygen atoms in total. The lowest BCUT2D eigenvalue weighted by Gasteiger charge is -2.19. The largest absolute Gasteiger partial charge is 0.496 e. The molecular formula is C23H25N3O4. The molecular weight excluding hydrogens is 382 g/mol. The van der Waals surface area contributed by atoms with Gasteiger partial charge >= 0.3 is 0 Å². The SMILES string of the molecule is COc1ccccc1CNC(=O)[C@H]1CC(=O)N(c2ccc3c(c2)CCN3C(C)=O)C1. The maximum atomic E-state index is 12.7. The average molecular weight is 407 g/mol. The summed E-state index contributed by atoms with van der Waals surface area (Å²) < 4.78 is 5.32. The Hall–Kier alpha value is -3.35. The van der Waals surface area contributed by atoms with Crippen molar-refractivity contribution in [1.29, 1.82) is 0 Å². The molecule has 7 heteroatoms. The van der Waals surface area contributed by atoms with Gasteiger partial charge in [-0.1, -0.05) is 18.2 Å². The van der Waals surface area contributed by atoms with Gasteiger partial charge in [-0.2, -0.15) is 0 Å². The highest BCUT2D eigenvalue weighted by Gasteiger charge is 2.35. The van der Waals surface area contributed by atoms with E-state index in [0.29, 0.717) is 19.6 Å². The molecule has 2 aromatic carbocycles. The number of para-hydroxylation sites is 1. The first kappa shape index (κ1) is 19.9. The lowest BCUT2D eigenvalue weighted by Crippen LogP contribution is -2.32. The van der Waals surface area contributed by atoms with Crippen LogP contribution in [0.3, 0.4) is 0 Å². The van der Waals surface area contributed by atoms with Gasteiger partial charge < -0.3 is 19.9 Å². The van der Waals surface area contributed by atoms with Crippen LogP contribution >= 0.6 is 0 Å². The van der Waals surface area contributed by atoms with Crippen molar-refractivity contribution in [2.45, 2.75) is 26.3 Å². The highest BCUT2D eigenvalue weighted by Crippen LogP contribution is 2.34. The van der Waals surface area contributed by atoms with Crippen LogP contribution in [0, 0.1) is 5.92 Å². The van der Waals surface area contributed by atoms with Gasteiger partial charge in [-0.25, -0.2) is 0 Å². The fourth-order valence-electron chi connectivity index (χ4n) is 4.19. The maximum Gasteiger partial charge on any atom is 0.227 e. The van der Waals surface area contributed by atoms with Gasteiger partial charge in [-0.15, -0.1) is 0 Å². The Bertz CT molecular complexity index is 1000. The van der Waals surface area contributed by atoms with Crippen LogP contribution in [0.2, 0.25) is 0 Å². The van der Waals surface area contributed by atoms with E-state index < -0.39 is 5.92 Å². The van der Waals surface area contributed by atoms with Gasteiger partial charge in [-0.05, 0) is 36.2 Å². The minimum absolute atomic E-state index is 0.0190. The number of carbonyl (C=O) groups excluding carboxylic acids is 3. The van der Waals surface area contributed by atoms with Crippen molar-refractivity contribution in [2.75, 3.05) is 30.0 Å². The lowest BCUT2D eigenvalue weighted by molar-refractivity contribution is -0.126. The Labute approximate surface area is 175 Å². The summed E-state index contributed by atoms with van der Waals surface area (Å²) in [7, 11) is 1.60. The number of benzene rings is 2. The van der Waals surface area contributed by atoms with E-state index in [2.05, 4.69) is 5.32 Å². The number of ether oxygens (including phenoxy) is 1. The molecule has 3 amide bonds. The molecule has 0 aromatic heterocycles. The van der Waals surface area contributed by atoms with Gasteiger partial charge in [0, 0.05) is 49.9 Å². The van der Waals surface area contributed by atoms with Crippen LogP contribution in [0.1, 0.15) is 24.5 Å². The van der Waals surface area contributed by atoms with Crippen molar-refractivity contribution in [3.8, 4) is 5.75 Å². The van der Waals surface area contributed by atoms with Crippen LogP contribution < -0.4 is 19.9 Å². The van der Waals surface area contributed by atoms with E-state index >= 15 is 0 Å². The van der Waals surface area contributed by atoms with Crippen molar-refractivity contribution in [3.63, 3.8) is 0 Å². The minimum atomic E-state index is -0.394. The van der Waals surface area contributed by atoms with E-state index in [1.165, 1.54) is 0 Å². The molecule has 0 saturated carbocycles. The summed E-state index contributed by atoms with van der Waals surface area (Å²) in [4.78, 5) is 40.4. The van der Waals surface area contributed by atoms with Crippen molar-refractivity contribution < 1.29 is 19.1 Å². The van der Waals surface area contributed by atoms with Crippen LogP contribution in [-0.4, -0.2) is 37.9 Å². The molecule has 30 heavy (non-hydrogen) atoms. The molecule has 2 heterocycles. The van der Waals surface area contributed by atoms with Gasteiger partial charge in [0.2, 0.25) is 17.7 Å².